The first-order chi connectivity index (χ1) is 18.5. The number of halogens is 1. The summed E-state index contributed by atoms with van der Waals surface area (Å²) >= 11 is 6.28. The third-order valence-electron chi connectivity index (χ3n) is 9.84. The minimum atomic E-state index is -0.294. The number of carbonyl (C=O) groups excluding carboxylic acids is 2. The molecule has 3 aliphatic rings. The number of allylic oxidation sites excluding steroid dienone is 4. The molecular weight excluding hydrogens is 506 g/mol. The van der Waals surface area contributed by atoms with Crippen molar-refractivity contribution in [3.63, 3.8) is 0 Å². The Kier molecular flexibility index (Phi) is 9.57. The normalized spacial score (nSPS) is 28.5. The number of aromatic hydroxyl groups is 1. The lowest BCUT2D eigenvalue weighted by molar-refractivity contribution is -0.119. The van der Waals surface area contributed by atoms with Crippen molar-refractivity contribution in [3.05, 3.63) is 52.1 Å². The van der Waals surface area contributed by atoms with Crippen LogP contribution in [-0.2, 0) is 9.59 Å². The van der Waals surface area contributed by atoms with E-state index in [1.165, 1.54) is 11.6 Å². The third kappa shape index (κ3) is 6.76. The summed E-state index contributed by atoms with van der Waals surface area (Å²) in [5, 5.41) is 10.6. The standard InChI is InChI=1S/C34H46ClNO3/c1-6-7-22(4)33(39)26-10-8-24(9-11-26)16-27-19-31(38)32(28-17-29(35)20-30(37)18-28)36-34(23(27)5)14-12-25(13-15-34)21(2)3/h8,10,17-18,20-23,25,27,37H,6-7,9,11-16,19H2,1-5H3. The van der Waals surface area contributed by atoms with Gasteiger partial charge in [-0.05, 0) is 98.8 Å². The van der Waals surface area contributed by atoms with E-state index in [-0.39, 0.29) is 40.6 Å². The molecule has 39 heavy (non-hydrogen) atoms. The van der Waals surface area contributed by atoms with Gasteiger partial charge in [0.2, 0.25) is 0 Å². The van der Waals surface area contributed by atoms with Crippen LogP contribution < -0.4 is 0 Å². The van der Waals surface area contributed by atoms with Gasteiger partial charge in [0.05, 0.1) is 5.54 Å². The van der Waals surface area contributed by atoms with Crippen LogP contribution in [0.25, 0.3) is 0 Å². The highest BCUT2D eigenvalue weighted by atomic mass is 35.5. The Bertz CT molecular complexity index is 1150. The minimum Gasteiger partial charge on any atom is -0.508 e. The lowest BCUT2D eigenvalue weighted by Crippen LogP contribution is -2.42. The van der Waals surface area contributed by atoms with E-state index in [1.807, 2.05) is 13.0 Å². The monoisotopic (exact) mass is 551 g/mol. The van der Waals surface area contributed by atoms with Gasteiger partial charge in [0.25, 0.3) is 0 Å². The molecular formula is C34H46ClNO3. The quantitative estimate of drug-likeness (QED) is 0.351. The number of nitrogens with zero attached hydrogens (tertiary/aromatic N) is 1. The first-order valence-electron chi connectivity index (χ1n) is 15.1. The van der Waals surface area contributed by atoms with E-state index < -0.39 is 0 Å². The van der Waals surface area contributed by atoms with Crippen LogP contribution in [0.5, 0.6) is 5.75 Å². The lowest BCUT2D eigenvalue weighted by Gasteiger charge is -2.44. The van der Waals surface area contributed by atoms with Gasteiger partial charge in [-0.2, -0.15) is 0 Å². The molecule has 1 aliphatic heterocycles. The minimum absolute atomic E-state index is 0.0348. The summed E-state index contributed by atoms with van der Waals surface area (Å²) in [7, 11) is 0. The molecule has 1 aromatic rings. The fourth-order valence-corrected chi connectivity index (χ4v) is 7.40. The van der Waals surface area contributed by atoms with Crippen LogP contribution in [0.3, 0.4) is 0 Å². The number of hydrogen-bond acceptors (Lipinski definition) is 4. The zero-order valence-corrected chi connectivity index (χ0v) is 25.2. The molecule has 1 saturated carbocycles. The van der Waals surface area contributed by atoms with Crippen LogP contribution in [0, 0.1) is 29.6 Å². The predicted octanol–water partition coefficient (Wildman–Crippen LogP) is 8.69. The predicted molar refractivity (Wildman–Crippen MR) is 161 cm³/mol. The maximum Gasteiger partial charge on any atom is 0.181 e. The molecule has 3 unspecified atom stereocenters. The number of aliphatic imine (C=N–C) groups is 1. The fraction of sp³-hybridized carbons (Fsp3) is 0.618. The summed E-state index contributed by atoms with van der Waals surface area (Å²) in [4.78, 5) is 31.9. The smallest absolute Gasteiger partial charge is 0.181 e. The number of phenols is 1. The van der Waals surface area contributed by atoms with E-state index in [1.54, 1.807) is 12.1 Å². The zero-order valence-electron chi connectivity index (χ0n) is 24.4. The van der Waals surface area contributed by atoms with Crippen molar-refractivity contribution in [1.82, 2.24) is 0 Å². The molecule has 212 valence electrons. The Hall–Kier alpha value is -2.20. The van der Waals surface area contributed by atoms with E-state index >= 15 is 0 Å². The van der Waals surface area contributed by atoms with Crippen molar-refractivity contribution in [2.45, 2.75) is 104 Å². The van der Waals surface area contributed by atoms with E-state index in [2.05, 4.69) is 33.8 Å². The summed E-state index contributed by atoms with van der Waals surface area (Å²) < 4.78 is 0. The summed E-state index contributed by atoms with van der Waals surface area (Å²) in [6.45, 7) is 11.1. The highest BCUT2D eigenvalue weighted by Crippen LogP contribution is 2.48. The summed E-state index contributed by atoms with van der Waals surface area (Å²) in [6, 6.07) is 4.86. The number of Topliss-reactive ketones (excluding diaryl/α,β-unsaturated/α-hetero) is 2. The number of phenolic OH excluding ortho intramolecular Hbond substituents is 1. The molecule has 0 amide bonds. The van der Waals surface area contributed by atoms with Crippen LogP contribution in [0.2, 0.25) is 5.02 Å². The summed E-state index contributed by atoms with van der Waals surface area (Å²) in [5.74, 6) is 2.21. The third-order valence-corrected chi connectivity index (χ3v) is 10.1. The molecule has 0 radical (unpaired) electrons. The molecule has 4 rings (SSSR count). The average Bonchev–Trinajstić information content (AvgIpc) is 2.99. The lowest BCUT2D eigenvalue weighted by atomic mass is 9.64. The van der Waals surface area contributed by atoms with Crippen molar-refractivity contribution >= 4 is 28.9 Å². The second kappa shape index (κ2) is 12.5. The van der Waals surface area contributed by atoms with E-state index in [4.69, 9.17) is 16.6 Å². The molecule has 0 aromatic heterocycles. The Morgan fingerprint density at radius 2 is 1.85 bits per heavy atom. The van der Waals surface area contributed by atoms with Gasteiger partial charge in [-0.3, -0.25) is 14.6 Å². The molecule has 1 spiro atoms. The molecule has 0 saturated heterocycles. The van der Waals surface area contributed by atoms with E-state index in [0.29, 0.717) is 34.6 Å². The van der Waals surface area contributed by atoms with Crippen molar-refractivity contribution in [1.29, 1.82) is 0 Å². The van der Waals surface area contributed by atoms with Crippen LogP contribution in [0.15, 0.2) is 46.5 Å². The number of benzene rings is 1. The van der Waals surface area contributed by atoms with Gasteiger partial charge in [-0.1, -0.05) is 70.4 Å². The van der Waals surface area contributed by atoms with Crippen LogP contribution >= 0.6 is 11.6 Å². The van der Waals surface area contributed by atoms with Gasteiger partial charge in [-0.15, -0.1) is 0 Å². The van der Waals surface area contributed by atoms with Gasteiger partial charge < -0.3 is 5.11 Å². The maximum atomic E-state index is 13.8. The zero-order chi connectivity index (χ0) is 28.3. The van der Waals surface area contributed by atoms with Crippen molar-refractivity contribution < 1.29 is 14.7 Å². The summed E-state index contributed by atoms with van der Waals surface area (Å²) in [6.07, 6.45) is 13.3. The fourth-order valence-electron chi connectivity index (χ4n) is 7.17. The second-order valence-electron chi connectivity index (χ2n) is 12.8. The Morgan fingerprint density at radius 1 is 1.13 bits per heavy atom. The number of ketones is 2. The van der Waals surface area contributed by atoms with Crippen LogP contribution in [-0.4, -0.2) is 27.9 Å². The highest BCUT2D eigenvalue weighted by molar-refractivity contribution is 6.47. The van der Waals surface area contributed by atoms with Gasteiger partial charge >= 0.3 is 0 Å². The van der Waals surface area contributed by atoms with Crippen molar-refractivity contribution in [3.8, 4) is 5.75 Å². The molecule has 1 heterocycles. The molecule has 1 N–H and O–H groups in total. The Labute approximate surface area is 240 Å². The summed E-state index contributed by atoms with van der Waals surface area (Å²) in [5.41, 5.74) is 3.07. The first-order valence-corrected chi connectivity index (χ1v) is 15.5. The van der Waals surface area contributed by atoms with Crippen LogP contribution in [0.1, 0.15) is 104 Å². The molecule has 3 atom stereocenters. The Morgan fingerprint density at radius 3 is 2.44 bits per heavy atom. The van der Waals surface area contributed by atoms with E-state index in [9.17, 15) is 14.7 Å². The van der Waals surface area contributed by atoms with E-state index in [0.717, 1.165) is 63.4 Å². The Balaban J connectivity index is 1.63. The van der Waals surface area contributed by atoms with Gasteiger partial charge in [-0.25, -0.2) is 0 Å². The molecule has 0 bridgehead atoms. The molecule has 5 heteroatoms. The molecule has 4 nitrogen and oxygen atoms in total. The van der Waals surface area contributed by atoms with Gasteiger partial charge in [0, 0.05) is 22.9 Å². The maximum absolute atomic E-state index is 13.8. The highest BCUT2D eigenvalue weighted by Gasteiger charge is 2.46. The second-order valence-corrected chi connectivity index (χ2v) is 13.2. The van der Waals surface area contributed by atoms with Gasteiger partial charge in [0.1, 0.15) is 11.5 Å². The number of carbonyl (C=O) groups is 2. The van der Waals surface area contributed by atoms with Crippen LogP contribution in [0.4, 0.5) is 0 Å². The molecule has 2 aliphatic carbocycles. The van der Waals surface area contributed by atoms with Crippen molar-refractivity contribution in [2.75, 3.05) is 0 Å². The number of hydrogen-bond donors (Lipinski definition) is 1. The SMILES string of the molecule is CCCC(C)C(=O)C1=CC=C(CC2CC(=O)C(c3cc(O)cc(Cl)c3)=NC3(CCC(C(C)C)CC3)C2C)CC1. The molecule has 1 fully saturated rings. The largest absolute Gasteiger partial charge is 0.508 e. The molecule has 1 aromatic carbocycles. The van der Waals surface area contributed by atoms with Gasteiger partial charge in [0.15, 0.2) is 11.6 Å². The topological polar surface area (TPSA) is 66.7 Å². The van der Waals surface area contributed by atoms with Crippen molar-refractivity contribution in [2.24, 2.45) is 34.6 Å². The number of rotatable bonds is 8. The average molecular weight is 552 g/mol. The first kappa shape index (κ1) is 29.8.